The molecule has 3 heterocycles. The molecule has 166 valence electrons. The summed E-state index contributed by atoms with van der Waals surface area (Å²) in [6.45, 7) is 3.28. The second-order valence-electron chi connectivity index (χ2n) is 8.19. The average molecular weight is 447 g/mol. The highest BCUT2D eigenvalue weighted by Crippen LogP contribution is 2.27. The predicted molar refractivity (Wildman–Crippen MR) is 114 cm³/mol. The fraction of sp³-hybridized carbons (Fsp3) is 0.545. The second kappa shape index (κ2) is 9.78. The summed E-state index contributed by atoms with van der Waals surface area (Å²) in [4.78, 5) is 33.3. The topological polar surface area (TPSA) is 88.8 Å². The molecule has 31 heavy (non-hydrogen) atoms. The Morgan fingerprint density at radius 3 is 2.68 bits per heavy atom. The van der Waals surface area contributed by atoms with Gasteiger partial charge in [0.15, 0.2) is 0 Å². The van der Waals surface area contributed by atoms with Gasteiger partial charge in [-0.3, -0.25) is 14.5 Å². The lowest BCUT2D eigenvalue weighted by atomic mass is 9.93. The van der Waals surface area contributed by atoms with E-state index in [1.54, 1.807) is 6.07 Å². The van der Waals surface area contributed by atoms with Gasteiger partial charge in [-0.2, -0.15) is 4.98 Å². The molecule has 0 aliphatic carbocycles. The fourth-order valence-corrected chi connectivity index (χ4v) is 4.64. The number of hydrogen-bond donors (Lipinski definition) is 0. The zero-order chi connectivity index (χ0) is 21.8. The number of halogens is 1. The molecule has 0 spiro atoms. The van der Waals surface area contributed by atoms with E-state index >= 15 is 0 Å². The Bertz CT molecular complexity index is 926. The third-order valence-corrected chi connectivity index (χ3v) is 6.47. The Labute approximate surface area is 186 Å². The molecule has 9 heteroatoms. The van der Waals surface area contributed by atoms with Crippen LogP contribution < -0.4 is 0 Å². The van der Waals surface area contributed by atoms with Crippen LogP contribution in [0.25, 0.3) is 11.4 Å². The first-order valence-corrected chi connectivity index (χ1v) is 11.1. The van der Waals surface area contributed by atoms with E-state index in [4.69, 9.17) is 20.9 Å². The Balaban J connectivity index is 1.33. The Morgan fingerprint density at radius 1 is 1.16 bits per heavy atom. The van der Waals surface area contributed by atoms with Gasteiger partial charge in [0.1, 0.15) is 0 Å². The van der Waals surface area contributed by atoms with Crippen LogP contribution in [0.2, 0.25) is 5.02 Å². The van der Waals surface area contributed by atoms with E-state index in [2.05, 4.69) is 15.0 Å². The highest BCUT2D eigenvalue weighted by Gasteiger charge is 2.33. The lowest BCUT2D eigenvalue weighted by molar-refractivity contribution is -0.150. The second-order valence-corrected chi connectivity index (χ2v) is 8.60. The van der Waals surface area contributed by atoms with Gasteiger partial charge >= 0.3 is 5.97 Å². The van der Waals surface area contributed by atoms with E-state index in [-0.39, 0.29) is 23.7 Å². The number of hydrogen-bond acceptors (Lipinski definition) is 7. The van der Waals surface area contributed by atoms with Gasteiger partial charge in [-0.05, 0) is 44.4 Å². The number of benzene rings is 1. The van der Waals surface area contributed by atoms with Crippen LogP contribution in [0.15, 0.2) is 28.8 Å². The summed E-state index contributed by atoms with van der Waals surface area (Å²) in [5.41, 5.74) is 0.737. The van der Waals surface area contributed by atoms with Gasteiger partial charge in [0.25, 0.3) is 0 Å². The van der Waals surface area contributed by atoms with Gasteiger partial charge in [-0.25, -0.2) is 0 Å². The maximum absolute atomic E-state index is 13.0. The van der Waals surface area contributed by atoms with Crippen molar-refractivity contribution in [1.29, 1.82) is 0 Å². The van der Waals surface area contributed by atoms with E-state index in [1.165, 1.54) is 7.11 Å². The average Bonchev–Trinajstić information content (AvgIpc) is 3.26. The molecule has 1 unspecified atom stereocenters. The minimum absolute atomic E-state index is 0.0469. The third-order valence-electron chi connectivity index (χ3n) is 6.14. The Hall–Kier alpha value is -2.45. The van der Waals surface area contributed by atoms with E-state index in [1.807, 2.05) is 23.1 Å². The quantitative estimate of drug-likeness (QED) is 0.652. The monoisotopic (exact) mass is 446 g/mol. The maximum atomic E-state index is 13.0. The van der Waals surface area contributed by atoms with E-state index in [9.17, 15) is 9.59 Å². The van der Waals surface area contributed by atoms with Crippen molar-refractivity contribution in [2.24, 2.45) is 11.8 Å². The minimum Gasteiger partial charge on any atom is -0.469 e. The molecule has 2 fully saturated rings. The molecular weight excluding hydrogens is 420 g/mol. The predicted octanol–water partition coefficient (Wildman–Crippen LogP) is 3.01. The molecule has 1 amide bonds. The molecule has 4 rings (SSSR count). The molecule has 0 bridgehead atoms. The van der Waals surface area contributed by atoms with Crippen molar-refractivity contribution in [3.05, 3.63) is 35.2 Å². The molecule has 0 radical (unpaired) electrons. The number of ether oxygens (including phenoxy) is 1. The standard InChI is InChI=1S/C22H27ClN4O4/c1-30-22(29)15-8-11-27(12-9-15)21(28)16-5-4-10-26(13-16)14-19-24-20(25-31-19)17-6-2-3-7-18(17)23/h2-3,6-7,15-16H,4-5,8-14H2,1H3. The van der Waals surface area contributed by atoms with Crippen LogP contribution in [0.4, 0.5) is 0 Å². The van der Waals surface area contributed by atoms with Gasteiger partial charge in [0.2, 0.25) is 17.6 Å². The van der Waals surface area contributed by atoms with Gasteiger partial charge in [-0.1, -0.05) is 28.9 Å². The highest BCUT2D eigenvalue weighted by atomic mass is 35.5. The summed E-state index contributed by atoms with van der Waals surface area (Å²) in [7, 11) is 1.41. The Morgan fingerprint density at radius 2 is 1.94 bits per heavy atom. The summed E-state index contributed by atoms with van der Waals surface area (Å²) >= 11 is 6.22. The number of rotatable bonds is 5. The molecule has 1 aromatic heterocycles. The maximum Gasteiger partial charge on any atom is 0.308 e. The van der Waals surface area contributed by atoms with E-state index < -0.39 is 0 Å². The zero-order valence-corrected chi connectivity index (χ0v) is 18.4. The molecule has 2 aliphatic heterocycles. The van der Waals surface area contributed by atoms with Gasteiger partial charge < -0.3 is 14.2 Å². The summed E-state index contributed by atoms with van der Waals surface area (Å²) < 4.78 is 10.3. The van der Waals surface area contributed by atoms with Crippen molar-refractivity contribution >= 4 is 23.5 Å². The summed E-state index contributed by atoms with van der Waals surface area (Å²) in [6, 6.07) is 7.39. The first-order chi connectivity index (χ1) is 15.0. The lowest BCUT2D eigenvalue weighted by Gasteiger charge is -2.37. The van der Waals surface area contributed by atoms with Crippen LogP contribution in [0.5, 0.6) is 0 Å². The smallest absolute Gasteiger partial charge is 0.308 e. The molecule has 1 atom stereocenters. The van der Waals surface area contributed by atoms with Crippen LogP contribution in [-0.2, 0) is 20.9 Å². The molecule has 2 aliphatic rings. The lowest BCUT2D eigenvalue weighted by Crippen LogP contribution is -2.47. The number of aromatic nitrogens is 2. The molecule has 8 nitrogen and oxygen atoms in total. The molecule has 1 aromatic carbocycles. The number of esters is 1. The summed E-state index contributed by atoms with van der Waals surface area (Å²) in [6.07, 6.45) is 3.16. The Kier molecular flexibility index (Phi) is 6.87. The van der Waals surface area contributed by atoms with Crippen molar-refractivity contribution in [3.8, 4) is 11.4 Å². The van der Waals surface area contributed by atoms with Gasteiger partial charge in [-0.15, -0.1) is 0 Å². The number of carbonyl (C=O) groups excluding carboxylic acids is 2. The van der Waals surface area contributed by atoms with E-state index in [0.29, 0.717) is 55.8 Å². The molecular formula is C22H27ClN4O4. The SMILES string of the molecule is COC(=O)C1CCN(C(=O)C2CCCN(Cc3nc(-c4ccccc4Cl)no3)C2)CC1. The fourth-order valence-electron chi connectivity index (χ4n) is 4.42. The third kappa shape index (κ3) is 5.07. The van der Waals surface area contributed by atoms with E-state index in [0.717, 1.165) is 24.9 Å². The molecule has 2 aromatic rings. The van der Waals surface area contributed by atoms with Gasteiger partial charge in [0.05, 0.1) is 30.5 Å². The molecule has 0 N–H and O–H groups in total. The normalized spacial score (nSPS) is 20.6. The highest BCUT2D eigenvalue weighted by molar-refractivity contribution is 6.33. The largest absolute Gasteiger partial charge is 0.469 e. The first-order valence-electron chi connectivity index (χ1n) is 10.7. The minimum atomic E-state index is -0.174. The van der Waals surface area contributed by atoms with Crippen LogP contribution >= 0.6 is 11.6 Å². The number of piperidine rings is 2. The zero-order valence-electron chi connectivity index (χ0n) is 17.6. The van der Waals surface area contributed by atoms with Crippen LogP contribution in [0.3, 0.4) is 0 Å². The first kappa shape index (κ1) is 21.8. The number of likely N-dealkylation sites (tertiary alicyclic amines) is 2. The molecule has 0 saturated carbocycles. The number of methoxy groups -OCH3 is 1. The molecule has 2 saturated heterocycles. The number of carbonyl (C=O) groups is 2. The number of amides is 1. The summed E-state index contributed by atoms with van der Waals surface area (Å²) in [5.74, 6) is 0.846. The van der Waals surface area contributed by atoms with Crippen LogP contribution in [-0.4, -0.2) is 65.1 Å². The van der Waals surface area contributed by atoms with Crippen LogP contribution in [0.1, 0.15) is 31.6 Å². The van der Waals surface area contributed by atoms with Crippen molar-refractivity contribution in [3.63, 3.8) is 0 Å². The van der Waals surface area contributed by atoms with Crippen molar-refractivity contribution in [1.82, 2.24) is 19.9 Å². The van der Waals surface area contributed by atoms with Crippen molar-refractivity contribution in [2.75, 3.05) is 33.3 Å². The van der Waals surface area contributed by atoms with Crippen LogP contribution in [0, 0.1) is 11.8 Å². The van der Waals surface area contributed by atoms with Gasteiger partial charge in [0, 0.05) is 25.2 Å². The van der Waals surface area contributed by atoms with Crippen molar-refractivity contribution < 1.29 is 18.8 Å². The van der Waals surface area contributed by atoms with Crippen molar-refractivity contribution in [2.45, 2.75) is 32.2 Å². The summed E-state index contributed by atoms with van der Waals surface area (Å²) in [5, 5.41) is 4.64. The number of nitrogens with zero attached hydrogens (tertiary/aromatic N) is 4.